The van der Waals surface area contributed by atoms with Crippen molar-refractivity contribution in [3.8, 4) is 5.75 Å². The van der Waals surface area contributed by atoms with Crippen molar-refractivity contribution in [2.45, 2.75) is 6.92 Å². The van der Waals surface area contributed by atoms with E-state index in [1.54, 1.807) is 46.2 Å². The molecule has 0 N–H and O–H groups in total. The molecule has 0 bridgehead atoms. The first kappa shape index (κ1) is 19.5. The zero-order valence-electron chi connectivity index (χ0n) is 16.0. The molecule has 8 nitrogen and oxygen atoms in total. The number of methoxy groups -OCH3 is 1. The van der Waals surface area contributed by atoms with Crippen LogP contribution >= 0.6 is 0 Å². The van der Waals surface area contributed by atoms with Gasteiger partial charge in [-0.15, -0.1) is 0 Å². The molecule has 0 spiro atoms. The molecule has 8 heteroatoms. The predicted molar refractivity (Wildman–Crippen MR) is 102 cm³/mol. The highest BCUT2D eigenvalue weighted by molar-refractivity contribution is 5.98. The third-order valence-corrected chi connectivity index (χ3v) is 4.70. The van der Waals surface area contributed by atoms with Crippen LogP contribution in [0.2, 0.25) is 0 Å². The minimum Gasteiger partial charge on any atom is -0.495 e. The Morgan fingerprint density at radius 1 is 1.04 bits per heavy atom. The van der Waals surface area contributed by atoms with Crippen molar-refractivity contribution in [1.29, 1.82) is 0 Å². The lowest BCUT2D eigenvalue weighted by Gasteiger charge is -2.35. The summed E-state index contributed by atoms with van der Waals surface area (Å²) in [5.74, 6) is 0.213. The first-order valence-electron chi connectivity index (χ1n) is 9.03. The average Bonchev–Trinajstić information content (AvgIpc) is 3.26. The van der Waals surface area contributed by atoms with Gasteiger partial charge in [0.15, 0.2) is 5.76 Å². The summed E-state index contributed by atoms with van der Waals surface area (Å²) in [7, 11) is 1.52. The van der Waals surface area contributed by atoms with Crippen LogP contribution in [0.3, 0.4) is 0 Å². The van der Waals surface area contributed by atoms with Gasteiger partial charge >= 0.3 is 0 Å². The van der Waals surface area contributed by atoms with E-state index in [4.69, 9.17) is 9.15 Å². The Balaban J connectivity index is 1.62. The standard InChI is InChI=1S/C20H23N3O5/c1-15(24)23(16-6-3-4-7-17(16)27-2)14-19(25)21-9-11-22(12-10-21)20(26)18-8-5-13-28-18/h3-8,13H,9-12,14H2,1-2H3. The number of amides is 3. The SMILES string of the molecule is COc1ccccc1N(CC(=O)N1CCN(C(=O)c2ccco2)CC1)C(C)=O. The number of nitrogens with zero attached hydrogens (tertiary/aromatic N) is 3. The van der Waals surface area contributed by atoms with Gasteiger partial charge in [0.1, 0.15) is 12.3 Å². The molecular formula is C20H23N3O5. The lowest BCUT2D eigenvalue weighted by molar-refractivity contribution is -0.132. The Bertz CT molecular complexity index is 841. The number of carbonyl (C=O) groups is 3. The van der Waals surface area contributed by atoms with Crippen LogP contribution in [0, 0.1) is 0 Å². The highest BCUT2D eigenvalue weighted by Gasteiger charge is 2.28. The van der Waals surface area contributed by atoms with Crippen LogP contribution in [0.4, 0.5) is 5.69 Å². The second kappa shape index (κ2) is 8.60. The van der Waals surface area contributed by atoms with Crippen LogP contribution in [0.25, 0.3) is 0 Å². The topological polar surface area (TPSA) is 83.3 Å². The van der Waals surface area contributed by atoms with E-state index < -0.39 is 0 Å². The Hall–Kier alpha value is -3.29. The summed E-state index contributed by atoms with van der Waals surface area (Å²) in [5, 5.41) is 0. The van der Waals surface area contributed by atoms with Gasteiger partial charge in [-0.25, -0.2) is 0 Å². The molecule has 3 rings (SSSR count). The van der Waals surface area contributed by atoms with Crippen LogP contribution < -0.4 is 9.64 Å². The Labute approximate surface area is 163 Å². The van der Waals surface area contributed by atoms with Gasteiger partial charge in [0.2, 0.25) is 11.8 Å². The molecule has 0 saturated carbocycles. The molecule has 0 unspecified atom stereocenters. The molecular weight excluding hydrogens is 362 g/mol. The van der Waals surface area contributed by atoms with E-state index in [1.165, 1.54) is 25.2 Å². The summed E-state index contributed by atoms with van der Waals surface area (Å²) in [6.07, 6.45) is 1.46. The summed E-state index contributed by atoms with van der Waals surface area (Å²) in [6.45, 7) is 2.98. The number of rotatable bonds is 5. The lowest BCUT2D eigenvalue weighted by Crippen LogP contribution is -2.53. The summed E-state index contributed by atoms with van der Waals surface area (Å²) in [6, 6.07) is 10.4. The molecule has 148 valence electrons. The fourth-order valence-electron chi connectivity index (χ4n) is 3.17. The fourth-order valence-corrected chi connectivity index (χ4v) is 3.17. The number of benzene rings is 1. The van der Waals surface area contributed by atoms with Crippen molar-refractivity contribution in [3.63, 3.8) is 0 Å². The highest BCUT2D eigenvalue weighted by atomic mass is 16.5. The van der Waals surface area contributed by atoms with Crippen molar-refractivity contribution in [2.75, 3.05) is 44.7 Å². The van der Waals surface area contributed by atoms with Crippen LogP contribution in [0.15, 0.2) is 47.1 Å². The first-order valence-corrected chi connectivity index (χ1v) is 9.03. The van der Waals surface area contributed by atoms with Crippen molar-refractivity contribution < 1.29 is 23.5 Å². The predicted octanol–water partition coefficient (Wildman–Crippen LogP) is 1.63. The molecule has 2 heterocycles. The number of para-hydroxylation sites is 2. The highest BCUT2D eigenvalue weighted by Crippen LogP contribution is 2.27. The average molecular weight is 385 g/mol. The maximum Gasteiger partial charge on any atom is 0.289 e. The molecule has 1 aromatic heterocycles. The Morgan fingerprint density at radius 3 is 2.32 bits per heavy atom. The van der Waals surface area contributed by atoms with E-state index >= 15 is 0 Å². The number of carbonyl (C=O) groups excluding carboxylic acids is 3. The number of hydrogen-bond acceptors (Lipinski definition) is 5. The molecule has 0 atom stereocenters. The minimum atomic E-state index is -0.246. The van der Waals surface area contributed by atoms with Gasteiger partial charge < -0.3 is 19.0 Å². The Kier molecular flexibility index (Phi) is 5.98. The van der Waals surface area contributed by atoms with Crippen LogP contribution in [0.5, 0.6) is 5.75 Å². The quantitative estimate of drug-likeness (QED) is 0.781. The molecule has 1 aliphatic heterocycles. The lowest BCUT2D eigenvalue weighted by atomic mass is 10.2. The maximum atomic E-state index is 12.8. The number of furan rings is 1. The molecule has 1 aromatic carbocycles. The van der Waals surface area contributed by atoms with Gasteiger partial charge in [-0.1, -0.05) is 12.1 Å². The number of hydrogen-bond donors (Lipinski definition) is 0. The summed E-state index contributed by atoms with van der Waals surface area (Å²) < 4.78 is 10.5. The minimum absolute atomic E-state index is 0.0815. The van der Waals surface area contributed by atoms with Gasteiger partial charge in [-0.05, 0) is 24.3 Å². The fraction of sp³-hybridized carbons (Fsp3) is 0.350. The van der Waals surface area contributed by atoms with E-state index in [9.17, 15) is 14.4 Å². The molecule has 1 saturated heterocycles. The molecule has 1 aliphatic rings. The second-order valence-corrected chi connectivity index (χ2v) is 6.43. The van der Waals surface area contributed by atoms with Gasteiger partial charge in [-0.2, -0.15) is 0 Å². The van der Waals surface area contributed by atoms with E-state index in [-0.39, 0.29) is 24.3 Å². The number of piperazine rings is 1. The third kappa shape index (κ3) is 4.16. The monoisotopic (exact) mass is 385 g/mol. The number of anilines is 1. The molecule has 0 aliphatic carbocycles. The first-order chi connectivity index (χ1) is 13.5. The molecule has 28 heavy (non-hydrogen) atoms. The normalized spacial score (nSPS) is 13.9. The van der Waals surface area contributed by atoms with E-state index in [0.29, 0.717) is 43.4 Å². The van der Waals surface area contributed by atoms with E-state index in [0.717, 1.165) is 0 Å². The van der Waals surface area contributed by atoms with E-state index in [1.807, 2.05) is 0 Å². The summed E-state index contributed by atoms with van der Waals surface area (Å²) in [5.41, 5.74) is 0.553. The largest absolute Gasteiger partial charge is 0.495 e. The second-order valence-electron chi connectivity index (χ2n) is 6.43. The number of ether oxygens (including phenoxy) is 1. The van der Waals surface area contributed by atoms with Gasteiger partial charge in [-0.3, -0.25) is 19.3 Å². The zero-order valence-corrected chi connectivity index (χ0v) is 16.0. The van der Waals surface area contributed by atoms with E-state index in [2.05, 4.69) is 0 Å². The molecule has 3 amide bonds. The van der Waals surface area contributed by atoms with Crippen LogP contribution in [0.1, 0.15) is 17.5 Å². The summed E-state index contributed by atoms with van der Waals surface area (Å²) >= 11 is 0. The van der Waals surface area contributed by atoms with Gasteiger partial charge in [0, 0.05) is 33.1 Å². The molecule has 0 radical (unpaired) electrons. The zero-order chi connectivity index (χ0) is 20.1. The van der Waals surface area contributed by atoms with Crippen molar-refractivity contribution in [2.24, 2.45) is 0 Å². The maximum absolute atomic E-state index is 12.8. The van der Waals surface area contributed by atoms with Crippen molar-refractivity contribution in [1.82, 2.24) is 9.80 Å². The van der Waals surface area contributed by atoms with Gasteiger partial charge in [0.05, 0.1) is 19.1 Å². The summed E-state index contributed by atoms with van der Waals surface area (Å²) in [4.78, 5) is 41.9. The van der Waals surface area contributed by atoms with Crippen molar-refractivity contribution in [3.05, 3.63) is 48.4 Å². The Morgan fingerprint density at radius 2 is 1.71 bits per heavy atom. The van der Waals surface area contributed by atoms with Crippen LogP contribution in [-0.2, 0) is 9.59 Å². The molecule has 1 fully saturated rings. The third-order valence-electron chi connectivity index (χ3n) is 4.70. The van der Waals surface area contributed by atoms with Crippen molar-refractivity contribution >= 4 is 23.4 Å². The molecule has 2 aromatic rings. The van der Waals surface area contributed by atoms with Gasteiger partial charge in [0.25, 0.3) is 5.91 Å². The smallest absolute Gasteiger partial charge is 0.289 e. The van der Waals surface area contributed by atoms with Crippen LogP contribution in [-0.4, -0.2) is 67.4 Å².